The maximum atomic E-state index is 13.8. The lowest BCUT2D eigenvalue weighted by Crippen LogP contribution is -2.39. The molecule has 1 saturated carbocycles. The normalized spacial score (nSPS) is 25.2. The van der Waals surface area contributed by atoms with E-state index in [4.69, 9.17) is 11.6 Å². The van der Waals surface area contributed by atoms with Crippen LogP contribution in [0.25, 0.3) is 0 Å². The highest BCUT2D eigenvalue weighted by atomic mass is 35.5. The van der Waals surface area contributed by atoms with E-state index in [9.17, 15) is 32.3 Å². The van der Waals surface area contributed by atoms with Crippen molar-refractivity contribution in [3.63, 3.8) is 0 Å². The van der Waals surface area contributed by atoms with E-state index in [1.807, 2.05) is 0 Å². The van der Waals surface area contributed by atoms with Crippen LogP contribution in [0.15, 0.2) is 36.4 Å². The fourth-order valence-corrected chi connectivity index (χ4v) is 4.67. The van der Waals surface area contributed by atoms with Gasteiger partial charge in [-0.15, -0.1) is 0 Å². The number of hydrogen-bond donors (Lipinski definition) is 3. The summed E-state index contributed by atoms with van der Waals surface area (Å²) < 4.78 is 53.4. The van der Waals surface area contributed by atoms with Crippen LogP contribution < -0.4 is 10.6 Å². The van der Waals surface area contributed by atoms with Crippen molar-refractivity contribution in [1.29, 1.82) is 0 Å². The zero-order valence-electron chi connectivity index (χ0n) is 16.5. The molecule has 2 amide bonds. The molecule has 0 radical (unpaired) electrons. The Bertz CT molecular complexity index is 1080. The lowest BCUT2D eigenvalue weighted by Gasteiger charge is -2.33. The summed E-state index contributed by atoms with van der Waals surface area (Å²) in [6.07, 6.45) is -6.72. The third-order valence-corrected chi connectivity index (χ3v) is 6.30. The third-order valence-electron chi connectivity index (χ3n) is 5.96. The number of rotatable bonds is 3. The van der Waals surface area contributed by atoms with E-state index in [2.05, 4.69) is 10.6 Å². The van der Waals surface area contributed by atoms with Crippen molar-refractivity contribution in [2.24, 2.45) is 11.8 Å². The summed E-state index contributed by atoms with van der Waals surface area (Å²) in [5.41, 5.74) is 1.08. The molecule has 4 atom stereocenters. The van der Waals surface area contributed by atoms with Crippen LogP contribution in [0.5, 0.6) is 0 Å². The summed E-state index contributed by atoms with van der Waals surface area (Å²) in [6, 6.07) is 7.40. The summed E-state index contributed by atoms with van der Waals surface area (Å²) in [4.78, 5) is 25.3. The van der Waals surface area contributed by atoms with Crippen molar-refractivity contribution in [2.45, 2.75) is 37.6 Å². The monoisotopic (exact) mass is 470 g/mol. The van der Waals surface area contributed by atoms with Crippen molar-refractivity contribution in [3.8, 4) is 0 Å². The molecular formula is C22H19ClF4N2O3. The third kappa shape index (κ3) is 4.31. The molecule has 1 heterocycles. The van der Waals surface area contributed by atoms with Crippen molar-refractivity contribution >= 4 is 29.1 Å². The lowest BCUT2D eigenvalue weighted by atomic mass is 9.79. The van der Waals surface area contributed by atoms with Crippen LogP contribution in [0.4, 0.5) is 23.2 Å². The number of anilines is 1. The van der Waals surface area contributed by atoms with E-state index in [-0.39, 0.29) is 28.3 Å². The van der Waals surface area contributed by atoms with Gasteiger partial charge < -0.3 is 15.7 Å². The molecule has 2 aliphatic rings. The number of aliphatic hydroxyl groups is 1. The molecule has 1 aliphatic carbocycles. The first-order valence-corrected chi connectivity index (χ1v) is 10.4. The smallest absolute Gasteiger partial charge is 0.391 e. The highest BCUT2D eigenvalue weighted by Gasteiger charge is 2.46. The first-order valence-electron chi connectivity index (χ1n) is 9.99. The molecule has 2 aromatic rings. The zero-order chi connectivity index (χ0) is 23.2. The molecule has 32 heavy (non-hydrogen) atoms. The van der Waals surface area contributed by atoms with Gasteiger partial charge in [0.25, 0.3) is 5.91 Å². The number of fused-ring (bicyclic) bond motifs is 1. The van der Waals surface area contributed by atoms with Gasteiger partial charge in [0.1, 0.15) is 5.82 Å². The molecule has 5 nitrogen and oxygen atoms in total. The number of halogens is 5. The van der Waals surface area contributed by atoms with Gasteiger partial charge in [-0.2, -0.15) is 13.2 Å². The topological polar surface area (TPSA) is 78.4 Å². The number of amides is 2. The van der Waals surface area contributed by atoms with Gasteiger partial charge >= 0.3 is 6.18 Å². The number of carbonyl (C=O) groups excluding carboxylic acids is 2. The Morgan fingerprint density at radius 2 is 1.91 bits per heavy atom. The van der Waals surface area contributed by atoms with Gasteiger partial charge in [0.05, 0.1) is 18.1 Å². The summed E-state index contributed by atoms with van der Waals surface area (Å²) in [7, 11) is 0. The molecule has 170 valence electrons. The van der Waals surface area contributed by atoms with Gasteiger partial charge in [0, 0.05) is 33.3 Å². The van der Waals surface area contributed by atoms with Crippen LogP contribution in [0.3, 0.4) is 0 Å². The van der Waals surface area contributed by atoms with E-state index in [0.717, 1.165) is 0 Å². The van der Waals surface area contributed by atoms with Crippen LogP contribution in [0.2, 0.25) is 5.02 Å². The molecule has 0 saturated heterocycles. The minimum atomic E-state index is -4.51. The molecule has 1 aliphatic heterocycles. The average molecular weight is 471 g/mol. The second-order valence-corrected chi connectivity index (χ2v) is 8.53. The Morgan fingerprint density at radius 3 is 2.62 bits per heavy atom. The fraction of sp³-hybridized carbons (Fsp3) is 0.364. The van der Waals surface area contributed by atoms with Crippen molar-refractivity contribution in [3.05, 3.63) is 63.9 Å². The molecule has 1 fully saturated rings. The Morgan fingerprint density at radius 1 is 1.16 bits per heavy atom. The number of aliphatic hydroxyl groups excluding tert-OH is 1. The summed E-state index contributed by atoms with van der Waals surface area (Å²) in [6.45, 7) is 0. The molecule has 0 unspecified atom stereocenters. The molecule has 0 bridgehead atoms. The fourth-order valence-electron chi connectivity index (χ4n) is 4.44. The number of benzene rings is 2. The molecule has 0 aromatic heterocycles. The van der Waals surface area contributed by atoms with E-state index >= 15 is 0 Å². The minimum absolute atomic E-state index is 0.0935. The van der Waals surface area contributed by atoms with Crippen LogP contribution in [0.1, 0.15) is 46.8 Å². The molecular weight excluding hydrogens is 452 g/mol. The van der Waals surface area contributed by atoms with E-state index < -0.39 is 60.6 Å². The van der Waals surface area contributed by atoms with Gasteiger partial charge in [-0.3, -0.25) is 9.59 Å². The van der Waals surface area contributed by atoms with E-state index in [0.29, 0.717) is 5.56 Å². The number of hydrogen-bond acceptors (Lipinski definition) is 3. The van der Waals surface area contributed by atoms with Crippen LogP contribution in [-0.4, -0.2) is 29.2 Å². The van der Waals surface area contributed by atoms with Crippen molar-refractivity contribution in [2.75, 3.05) is 5.32 Å². The number of nitrogens with one attached hydrogen (secondary N) is 2. The van der Waals surface area contributed by atoms with Gasteiger partial charge in [0.2, 0.25) is 5.91 Å². The van der Waals surface area contributed by atoms with Crippen molar-refractivity contribution in [1.82, 2.24) is 5.32 Å². The predicted molar refractivity (Wildman–Crippen MR) is 109 cm³/mol. The maximum Gasteiger partial charge on any atom is 0.391 e. The van der Waals surface area contributed by atoms with E-state index in [1.165, 1.54) is 36.4 Å². The predicted octanol–water partition coefficient (Wildman–Crippen LogP) is 4.59. The first kappa shape index (κ1) is 22.5. The maximum absolute atomic E-state index is 13.8. The highest BCUT2D eigenvalue weighted by molar-refractivity contribution is 6.31. The largest absolute Gasteiger partial charge is 0.393 e. The molecule has 0 spiro atoms. The Hall–Kier alpha value is -2.65. The summed E-state index contributed by atoms with van der Waals surface area (Å²) >= 11 is 6.21. The van der Waals surface area contributed by atoms with Gasteiger partial charge in [-0.25, -0.2) is 4.39 Å². The first-order chi connectivity index (χ1) is 15.0. The van der Waals surface area contributed by atoms with Crippen LogP contribution in [-0.2, 0) is 4.79 Å². The minimum Gasteiger partial charge on any atom is -0.393 e. The Labute approximate surface area is 185 Å². The second-order valence-electron chi connectivity index (χ2n) is 8.12. The Kier molecular flexibility index (Phi) is 5.89. The summed E-state index contributed by atoms with van der Waals surface area (Å²) in [5.74, 6) is -4.53. The SMILES string of the molecule is O=C1N[C@H](c2cc(F)ccc2Cl)c2c(NC(=O)[C@H]3C[C@H](O)C[C@@H](C(F)(F)F)C3)cccc21. The standard InChI is InChI=1S/C22H19ClF4N2O3/c23-16-5-4-12(24)9-15(16)19-18-14(21(32)29-19)2-1-3-17(18)28-20(31)10-6-11(22(25,26)27)8-13(30)7-10/h1-5,9-11,13,19,30H,6-8H2,(H,28,31)(H,29,32)/t10-,11+,13+,19-/m1/s1. The van der Waals surface area contributed by atoms with Crippen LogP contribution >= 0.6 is 11.6 Å². The zero-order valence-corrected chi connectivity index (χ0v) is 17.3. The van der Waals surface area contributed by atoms with Gasteiger partial charge in [-0.1, -0.05) is 17.7 Å². The molecule has 3 N–H and O–H groups in total. The highest BCUT2D eigenvalue weighted by Crippen LogP contribution is 2.42. The summed E-state index contributed by atoms with van der Waals surface area (Å²) in [5, 5.41) is 15.4. The average Bonchev–Trinajstić information content (AvgIpc) is 3.06. The molecule has 4 rings (SSSR count). The van der Waals surface area contributed by atoms with Gasteiger partial charge in [-0.05, 0) is 49.6 Å². The number of carbonyl (C=O) groups is 2. The molecule has 2 aromatic carbocycles. The lowest BCUT2D eigenvalue weighted by molar-refractivity contribution is -0.194. The number of alkyl halides is 3. The molecule has 10 heteroatoms. The van der Waals surface area contributed by atoms with Gasteiger partial charge in [0.15, 0.2) is 0 Å². The van der Waals surface area contributed by atoms with Crippen LogP contribution in [0, 0.1) is 17.7 Å². The Balaban J connectivity index is 1.64. The van der Waals surface area contributed by atoms with E-state index in [1.54, 1.807) is 0 Å². The van der Waals surface area contributed by atoms with Crippen molar-refractivity contribution < 1.29 is 32.3 Å². The quantitative estimate of drug-likeness (QED) is 0.574. The second kappa shape index (κ2) is 8.37.